The quantitative estimate of drug-likeness (QED) is 0.830. The zero-order valence-corrected chi connectivity index (χ0v) is 12.1. The van der Waals surface area contributed by atoms with E-state index in [0.29, 0.717) is 17.8 Å². The van der Waals surface area contributed by atoms with E-state index in [1.54, 1.807) is 16.9 Å². The van der Waals surface area contributed by atoms with Gasteiger partial charge in [-0.05, 0) is 43.0 Å². The predicted octanol–water partition coefficient (Wildman–Crippen LogP) is 1.59. The number of carbonyl (C=O) groups is 1. The van der Waals surface area contributed by atoms with Crippen LogP contribution in [-0.4, -0.2) is 22.2 Å². The summed E-state index contributed by atoms with van der Waals surface area (Å²) in [5.74, 6) is -0.0851. The molecule has 20 heavy (non-hydrogen) atoms. The standard InChI is InChI=1S/C15H20N4O/c1-10-6-11(2)14(16)7-13(10)15(20)17-5-4-12-8-18-19(3)9-12/h6-9H,4-5,16H2,1-3H3,(H,17,20). The molecule has 3 N–H and O–H groups in total. The van der Waals surface area contributed by atoms with Gasteiger partial charge in [0.2, 0.25) is 0 Å². The van der Waals surface area contributed by atoms with Crippen LogP contribution in [0.25, 0.3) is 0 Å². The first kappa shape index (κ1) is 14.1. The molecule has 0 bridgehead atoms. The first-order valence-corrected chi connectivity index (χ1v) is 6.60. The molecule has 5 nitrogen and oxygen atoms in total. The molecule has 0 aliphatic heterocycles. The third-order valence-corrected chi connectivity index (χ3v) is 3.32. The van der Waals surface area contributed by atoms with Gasteiger partial charge in [0.1, 0.15) is 0 Å². The Morgan fingerprint density at radius 2 is 2.10 bits per heavy atom. The molecule has 0 spiro atoms. The van der Waals surface area contributed by atoms with Crippen molar-refractivity contribution in [3.63, 3.8) is 0 Å². The van der Waals surface area contributed by atoms with Crippen molar-refractivity contribution in [3.05, 3.63) is 46.8 Å². The molecule has 0 saturated heterocycles. The van der Waals surface area contributed by atoms with Gasteiger partial charge >= 0.3 is 0 Å². The van der Waals surface area contributed by atoms with Gasteiger partial charge in [-0.15, -0.1) is 0 Å². The third-order valence-electron chi connectivity index (χ3n) is 3.32. The van der Waals surface area contributed by atoms with Crippen molar-refractivity contribution < 1.29 is 4.79 Å². The van der Waals surface area contributed by atoms with Gasteiger partial charge in [0.15, 0.2) is 0 Å². The van der Waals surface area contributed by atoms with Crippen LogP contribution in [0.4, 0.5) is 5.69 Å². The number of hydrogen-bond acceptors (Lipinski definition) is 3. The molecule has 1 aromatic heterocycles. The summed E-state index contributed by atoms with van der Waals surface area (Å²) in [4.78, 5) is 12.1. The minimum absolute atomic E-state index is 0.0851. The van der Waals surface area contributed by atoms with E-state index in [9.17, 15) is 4.79 Å². The van der Waals surface area contributed by atoms with Gasteiger partial charge in [-0.3, -0.25) is 9.48 Å². The highest BCUT2D eigenvalue weighted by Gasteiger charge is 2.10. The van der Waals surface area contributed by atoms with Crippen molar-refractivity contribution in [3.8, 4) is 0 Å². The number of aryl methyl sites for hydroxylation is 3. The zero-order valence-electron chi connectivity index (χ0n) is 12.1. The van der Waals surface area contributed by atoms with Gasteiger partial charge in [-0.25, -0.2) is 0 Å². The van der Waals surface area contributed by atoms with Crippen LogP contribution in [0.2, 0.25) is 0 Å². The largest absolute Gasteiger partial charge is 0.398 e. The molecule has 0 aliphatic rings. The molecule has 1 aromatic carbocycles. The molecule has 106 valence electrons. The predicted molar refractivity (Wildman–Crippen MR) is 79.6 cm³/mol. The van der Waals surface area contributed by atoms with E-state index < -0.39 is 0 Å². The number of nitrogens with one attached hydrogen (secondary N) is 1. The molecule has 2 rings (SSSR count). The number of anilines is 1. The maximum Gasteiger partial charge on any atom is 0.251 e. The smallest absolute Gasteiger partial charge is 0.251 e. The number of nitrogens with two attached hydrogens (primary N) is 1. The Labute approximate surface area is 118 Å². The average molecular weight is 272 g/mol. The van der Waals surface area contributed by atoms with Crippen molar-refractivity contribution in [1.29, 1.82) is 0 Å². The number of carbonyl (C=O) groups excluding carboxylic acids is 1. The minimum atomic E-state index is -0.0851. The van der Waals surface area contributed by atoms with E-state index in [1.807, 2.05) is 33.2 Å². The number of aromatic nitrogens is 2. The van der Waals surface area contributed by atoms with E-state index >= 15 is 0 Å². The molecule has 0 unspecified atom stereocenters. The highest BCUT2D eigenvalue weighted by atomic mass is 16.1. The number of hydrogen-bond donors (Lipinski definition) is 2. The van der Waals surface area contributed by atoms with Gasteiger partial charge < -0.3 is 11.1 Å². The van der Waals surface area contributed by atoms with E-state index in [2.05, 4.69) is 10.4 Å². The van der Waals surface area contributed by atoms with Crippen molar-refractivity contribution in [2.45, 2.75) is 20.3 Å². The first-order chi connectivity index (χ1) is 9.47. The second-order valence-corrected chi connectivity index (χ2v) is 5.05. The lowest BCUT2D eigenvalue weighted by Gasteiger charge is -2.10. The Hall–Kier alpha value is -2.30. The molecular formula is C15H20N4O. The lowest BCUT2D eigenvalue weighted by atomic mass is 10.0. The Morgan fingerprint density at radius 3 is 2.75 bits per heavy atom. The summed E-state index contributed by atoms with van der Waals surface area (Å²) in [7, 11) is 1.88. The number of rotatable bonds is 4. The molecule has 0 fully saturated rings. The van der Waals surface area contributed by atoms with Gasteiger partial charge in [0.25, 0.3) is 5.91 Å². The summed E-state index contributed by atoms with van der Waals surface area (Å²) >= 11 is 0. The molecular weight excluding hydrogens is 252 g/mol. The van der Waals surface area contributed by atoms with Crippen LogP contribution in [0.1, 0.15) is 27.0 Å². The molecule has 2 aromatic rings. The number of amides is 1. The molecule has 0 atom stereocenters. The third kappa shape index (κ3) is 3.17. The molecule has 1 heterocycles. The zero-order chi connectivity index (χ0) is 14.7. The average Bonchev–Trinajstić information content (AvgIpc) is 2.79. The Kier molecular flexibility index (Phi) is 4.08. The summed E-state index contributed by atoms with van der Waals surface area (Å²) in [6.45, 7) is 4.44. The molecule has 5 heteroatoms. The van der Waals surface area contributed by atoms with Crippen molar-refractivity contribution in [2.75, 3.05) is 12.3 Å². The van der Waals surface area contributed by atoms with E-state index in [-0.39, 0.29) is 5.91 Å². The number of nitrogens with zero attached hydrogens (tertiary/aromatic N) is 2. The van der Waals surface area contributed by atoms with Crippen molar-refractivity contribution in [1.82, 2.24) is 15.1 Å². The minimum Gasteiger partial charge on any atom is -0.398 e. The summed E-state index contributed by atoms with van der Waals surface area (Å²) in [5, 5.41) is 7.01. The molecule has 0 aliphatic carbocycles. The number of benzene rings is 1. The van der Waals surface area contributed by atoms with Crippen molar-refractivity contribution in [2.24, 2.45) is 7.05 Å². The summed E-state index contributed by atoms with van der Waals surface area (Å²) in [6, 6.07) is 3.68. The maximum atomic E-state index is 12.1. The van der Waals surface area contributed by atoms with E-state index in [1.165, 1.54) is 0 Å². The first-order valence-electron chi connectivity index (χ1n) is 6.60. The Bertz CT molecular complexity index is 631. The lowest BCUT2D eigenvalue weighted by Crippen LogP contribution is -2.26. The maximum absolute atomic E-state index is 12.1. The molecule has 1 amide bonds. The summed E-state index contributed by atoms with van der Waals surface area (Å²) < 4.78 is 1.75. The summed E-state index contributed by atoms with van der Waals surface area (Å²) in [6.07, 6.45) is 4.52. The fourth-order valence-corrected chi connectivity index (χ4v) is 2.13. The van der Waals surface area contributed by atoms with Crippen LogP contribution in [0.5, 0.6) is 0 Å². The monoisotopic (exact) mass is 272 g/mol. The fraction of sp³-hybridized carbons (Fsp3) is 0.333. The van der Waals surface area contributed by atoms with Gasteiger partial charge in [-0.1, -0.05) is 6.07 Å². The highest BCUT2D eigenvalue weighted by Crippen LogP contribution is 2.17. The van der Waals surface area contributed by atoms with Crippen LogP contribution in [0.3, 0.4) is 0 Å². The van der Waals surface area contributed by atoms with Gasteiger partial charge in [0.05, 0.1) is 6.20 Å². The Morgan fingerprint density at radius 1 is 1.35 bits per heavy atom. The molecule has 0 radical (unpaired) electrons. The van der Waals surface area contributed by atoms with Gasteiger partial charge in [-0.2, -0.15) is 5.10 Å². The highest BCUT2D eigenvalue weighted by molar-refractivity contribution is 5.96. The van der Waals surface area contributed by atoms with Crippen LogP contribution in [-0.2, 0) is 13.5 Å². The van der Waals surface area contributed by atoms with Crippen LogP contribution >= 0.6 is 0 Å². The second kappa shape index (κ2) is 5.77. The number of nitrogen functional groups attached to an aromatic ring is 1. The van der Waals surface area contributed by atoms with E-state index in [4.69, 9.17) is 5.73 Å². The Balaban J connectivity index is 1.97. The normalized spacial score (nSPS) is 10.6. The molecule has 0 saturated carbocycles. The summed E-state index contributed by atoms with van der Waals surface area (Å²) in [5.41, 5.74) is 10.2. The lowest BCUT2D eigenvalue weighted by molar-refractivity contribution is 0.0953. The van der Waals surface area contributed by atoms with Crippen LogP contribution in [0.15, 0.2) is 24.5 Å². The van der Waals surface area contributed by atoms with Gasteiger partial charge in [0, 0.05) is 31.0 Å². The van der Waals surface area contributed by atoms with Crippen molar-refractivity contribution >= 4 is 11.6 Å². The van der Waals surface area contributed by atoms with E-state index in [0.717, 1.165) is 23.1 Å². The van der Waals surface area contributed by atoms with Crippen LogP contribution in [0, 0.1) is 13.8 Å². The fourth-order valence-electron chi connectivity index (χ4n) is 2.13. The SMILES string of the molecule is Cc1cc(C)c(C(=O)NCCc2cnn(C)c2)cc1N. The topological polar surface area (TPSA) is 72.9 Å². The van der Waals surface area contributed by atoms with Crippen LogP contribution < -0.4 is 11.1 Å². The second-order valence-electron chi connectivity index (χ2n) is 5.05.